The molecular weight excluding hydrogens is 593 g/mol. The molecule has 4 amide bonds. The highest BCUT2D eigenvalue weighted by atomic mass is 19.1. The number of ketones is 1. The van der Waals surface area contributed by atoms with Crippen molar-refractivity contribution in [3.63, 3.8) is 0 Å². The van der Waals surface area contributed by atoms with Crippen molar-refractivity contribution in [2.24, 2.45) is 17.3 Å². The molecule has 4 rings (SSSR count). The molecule has 2 aliphatic carbocycles. The maximum atomic E-state index is 14.2. The zero-order valence-electron chi connectivity index (χ0n) is 27.4. The summed E-state index contributed by atoms with van der Waals surface area (Å²) in [6.45, 7) is 5.91. The maximum Gasteiger partial charge on any atom is 0.289 e. The maximum absolute atomic E-state index is 14.2. The van der Waals surface area contributed by atoms with Crippen LogP contribution >= 0.6 is 0 Å². The van der Waals surface area contributed by atoms with Crippen molar-refractivity contribution in [1.29, 1.82) is 0 Å². The van der Waals surface area contributed by atoms with Gasteiger partial charge in [0.1, 0.15) is 24.1 Å². The Bertz CT molecular complexity index is 1260. The van der Waals surface area contributed by atoms with Crippen LogP contribution < -0.4 is 21.3 Å². The number of benzene rings is 1. The van der Waals surface area contributed by atoms with Crippen LogP contribution in [0, 0.1) is 23.1 Å². The molecule has 12 heteroatoms. The number of rotatable bonds is 13. The van der Waals surface area contributed by atoms with Crippen LogP contribution in [-0.2, 0) is 30.4 Å². The molecule has 0 bridgehead atoms. The first-order valence-corrected chi connectivity index (χ1v) is 16.6. The molecule has 5 N–H and O–H groups in total. The van der Waals surface area contributed by atoms with Crippen molar-refractivity contribution in [3.8, 4) is 0 Å². The highest BCUT2D eigenvalue weighted by Gasteiger charge is 2.41. The molecule has 5 atom stereocenters. The van der Waals surface area contributed by atoms with Crippen molar-refractivity contribution < 1.29 is 33.5 Å². The number of amides is 4. The second-order valence-corrected chi connectivity index (χ2v) is 14.3. The molecular formula is C34H50FN5O6. The fraction of sp³-hybridized carbons (Fsp3) is 0.676. The van der Waals surface area contributed by atoms with Gasteiger partial charge < -0.3 is 26.0 Å². The van der Waals surface area contributed by atoms with Crippen molar-refractivity contribution in [2.45, 2.75) is 115 Å². The summed E-state index contributed by atoms with van der Waals surface area (Å²) >= 11 is 0. The number of hydrogen-bond acceptors (Lipinski definition) is 7. The molecule has 1 aromatic rings. The highest BCUT2D eigenvalue weighted by Crippen LogP contribution is 2.30. The molecule has 46 heavy (non-hydrogen) atoms. The first kappa shape index (κ1) is 35.5. The summed E-state index contributed by atoms with van der Waals surface area (Å²) < 4.78 is 13.8. The lowest BCUT2D eigenvalue weighted by Crippen LogP contribution is -2.60. The predicted octanol–water partition coefficient (Wildman–Crippen LogP) is 1.96. The minimum Gasteiger partial charge on any atom is -0.378 e. The SMILES string of the molecule is CN(C(=O)[C@H](NC(=O)C(C)(C)C)C1CCCC1)[C@@H](Cc1ccc(F)cc1)C(=O)N[C@@H](C[C@@H]1CCCNC1O)C(=O)C(=O)NC1CC1. The summed E-state index contributed by atoms with van der Waals surface area (Å²) in [6, 6.07) is 2.28. The van der Waals surface area contributed by atoms with Gasteiger partial charge in [0.2, 0.25) is 23.5 Å². The van der Waals surface area contributed by atoms with Gasteiger partial charge in [-0.2, -0.15) is 0 Å². The van der Waals surface area contributed by atoms with Crippen molar-refractivity contribution in [3.05, 3.63) is 35.6 Å². The van der Waals surface area contributed by atoms with E-state index in [1.165, 1.54) is 36.2 Å². The van der Waals surface area contributed by atoms with Gasteiger partial charge in [-0.05, 0) is 75.1 Å². The average Bonchev–Trinajstić information content (AvgIpc) is 3.66. The van der Waals surface area contributed by atoms with E-state index in [0.29, 0.717) is 18.5 Å². The highest BCUT2D eigenvalue weighted by molar-refractivity contribution is 6.38. The van der Waals surface area contributed by atoms with Crippen LogP contribution in [0.25, 0.3) is 0 Å². The first-order chi connectivity index (χ1) is 21.7. The van der Waals surface area contributed by atoms with Gasteiger partial charge in [0, 0.05) is 30.8 Å². The van der Waals surface area contributed by atoms with Gasteiger partial charge in [0.25, 0.3) is 5.91 Å². The van der Waals surface area contributed by atoms with Crippen LogP contribution in [0.3, 0.4) is 0 Å². The van der Waals surface area contributed by atoms with Crippen LogP contribution in [0.15, 0.2) is 24.3 Å². The molecule has 1 unspecified atom stereocenters. The summed E-state index contributed by atoms with van der Waals surface area (Å²) in [4.78, 5) is 69.0. The van der Waals surface area contributed by atoms with Crippen molar-refractivity contribution in [1.82, 2.24) is 26.2 Å². The number of Topliss-reactive ketones (excluding diaryl/α,β-unsaturated/α-hetero) is 1. The molecule has 1 aliphatic heterocycles. The monoisotopic (exact) mass is 643 g/mol. The van der Waals surface area contributed by atoms with E-state index in [9.17, 15) is 33.5 Å². The quantitative estimate of drug-likeness (QED) is 0.206. The number of aliphatic hydroxyl groups excluding tert-OH is 1. The zero-order valence-corrected chi connectivity index (χ0v) is 27.4. The Labute approximate surface area is 270 Å². The lowest BCUT2D eigenvalue weighted by molar-refractivity contribution is -0.145. The Hall–Kier alpha value is -3.38. The Morgan fingerprint density at radius 3 is 2.22 bits per heavy atom. The molecule has 254 valence electrons. The Balaban J connectivity index is 1.61. The van der Waals surface area contributed by atoms with E-state index in [4.69, 9.17) is 0 Å². The Kier molecular flexibility index (Phi) is 11.9. The van der Waals surface area contributed by atoms with Crippen molar-refractivity contribution >= 4 is 29.4 Å². The lowest BCUT2D eigenvalue weighted by Gasteiger charge is -2.35. The summed E-state index contributed by atoms with van der Waals surface area (Å²) in [7, 11) is 1.49. The largest absolute Gasteiger partial charge is 0.378 e. The van der Waals surface area contributed by atoms with E-state index >= 15 is 0 Å². The molecule has 3 aliphatic rings. The van der Waals surface area contributed by atoms with E-state index < -0.39 is 59.1 Å². The molecule has 2 saturated carbocycles. The van der Waals surface area contributed by atoms with E-state index in [1.807, 2.05) is 0 Å². The number of hydrogen-bond donors (Lipinski definition) is 5. The number of nitrogens with zero attached hydrogens (tertiary/aromatic N) is 1. The second-order valence-electron chi connectivity index (χ2n) is 14.3. The molecule has 1 aromatic carbocycles. The van der Waals surface area contributed by atoms with Crippen LogP contribution in [0.1, 0.15) is 84.1 Å². The number of halogens is 1. The molecule has 0 aromatic heterocycles. The van der Waals surface area contributed by atoms with Crippen LogP contribution in [0.2, 0.25) is 0 Å². The van der Waals surface area contributed by atoms with Gasteiger partial charge in [-0.15, -0.1) is 0 Å². The Morgan fingerprint density at radius 2 is 1.63 bits per heavy atom. The number of carbonyl (C=O) groups is 5. The summed E-state index contributed by atoms with van der Waals surface area (Å²) in [5.74, 6) is -3.92. The van der Waals surface area contributed by atoms with E-state index in [0.717, 1.165) is 44.9 Å². The smallest absolute Gasteiger partial charge is 0.289 e. The zero-order chi connectivity index (χ0) is 33.6. The van der Waals surface area contributed by atoms with Gasteiger partial charge in [0.15, 0.2) is 0 Å². The average molecular weight is 644 g/mol. The fourth-order valence-corrected chi connectivity index (χ4v) is 6.28. The summed E-state index contributed by atoms with van der Waals surface area (Å²) in [5, 5.41) is 21.9. The number of nitrogens with one attached hydrogen (secondary N) is 4. The van der Waals surface area contributed by atoms with Gasteiger partial charge >= 0.3 is 0 Å². The van der Waals surface area contributed by atoms with Gasteiger partial charge in [-0.1, -0.05) is 45.7 Å². The number of piperidine rings is 1. The summed E-state index contributed by atoms with van der Waals surface area (Å²) in [5.41, 5.74) is -0.160. The van der Waals surface area contributed by atoms with Gasteiger partial charge in [0.05, 0.1) is 6.04 Å². The minimum atomic E-state index is -1.24. The van der Waals surface area contributed by atoms with E-state index in [1.54, 1.807) is 20.8 Å². The third kappa shape index (κ3) is 9.57. The van der Waals surface area contributed by atoms with Crippen LogP contribution in [0.4, 0.5) is 4.39 Å². The standard InChI is InChI=1S/C34H50FN5O6/c1-34(2,3)33(46)39-27(21-8-5-6-9-21)32(45)40(4)26(18-20-11-13-23(35)14-12-20)30(43)38-25(19-22-10-7-17-36-29(22)42)28(41)31(44)37-24-15-16-24/h11-14,21-22,24-27,29,36,42H,5-10,15-19H2,1-4H3,(H,37,44)(H,38,43)(H,39,46)/t22-,25-,26-,27+,29?/m0/s1. The molecule has 0 radical (unpaired) electrons. The first-order valence-electron chi connectivity index (χ1n) is 16.6. The van der Waals surface area contributed by atoms with Crippen LogP contribution in [0.5, 0.6) is 0 Å². The lowest BCUT2D eigenvalue weighted by atomic mass is 9.88. The molecule has 11 nitrogen and oxygen atoms in total. The van der Waals surface area contributed by atoms with Gasteiger partial charge in [-0.25, -0.2) is 4.39 Å². The third-order valence-electron chi connectivity index (χ3n) is 9.42. The minimum absolute atomic E-state index is 0.00173. The normalized spacial score (nSPS) is 22.3. The van der Waals surface area contributed by atoms with Crippen LogP contribution in [-0.4, -0.2) is 83.4 Å². The van der Waals surface area contributed by atoms with E-state index in [2.05, 4.69) is 21.3 Å². The molecule has 1 saturated heterocycles. The Morgan fingerprint density at radius 1 is 0.978 bits per heavy atom. The predicted molar refractivity (Wildman–Crippen MR) is 169 cm³/mol. The number of carbonyl (C=O) groups excluding carboxylic acids is 5. The van der Waals surface area contributed by atoms with E-state index in [-0.39, 0.29) is 36.6 Å². The van der Waals surface area contributed by atoms with Gasteiger partial charge in [-0.3, -0.25) is 29.3 Å². The molecule has 3 fully saturated rings. The second kappa shape index (κ2) is 15.5. The molecule has 0 spiro atoms. The topological polar surface area (TPSA) is 157 Å². The third-order valence-corrected chi connectivity index (χ3v) is 9.42. The number of aliphatic hydroxyl groups is 1. The number of likely N-dealkylation sites (N-methyl/N-ethyl adjacent to an activating group) is 1. The van der Waals surface area contributed by atoms with Crippen molar-refractivity contribution in [2.75, 3.05) is 13.6 Å². The summed E-state index contributed by atoms with van der Waals surface area (Å²) in [6.07, 6.45) is 5.43. The molecule has 1 heterocycles. The fourth-order valence-electron chi connectivity index (χ4n) is 6.28.